The second-order valence-corrected chi connectivity index (χ2v) is 5.30. The lowest BCUT2D eigenvalue weighted by molar-refractivity contribution is 0.182. The zero-order valence-electron chi connectivity index (χ0n) is 11.0. The quantitative estimate of drug-likeness (QED) is 0.807. The Morgan fingerprint density at radius 1 is 1.39 bits per heavy atom. The maximum absolute atomic E-state index is 12.2. The second kappa shape index (κ2) is 5.38. The molecule has 18 heavy (non-hydrogen) atoms. The number of carbonyl (C=O) groups is 1. The predicted molar refractivity (Wildman–Crippen MR) is 68.5 cm³/mol. The van der Waals surface area contributed by atoms with Crippen LogP contribution in [0.15, 0.2) is 9.95 Å². The highest BCUT2D eigenvalue weighted by Gasteiger charge is 2.24. The Morgan fingerprint density at radius 3 is 2.44 bits per heavy atom. The Morgan fingerprint density at radius 2 is 2.00 bits per heavy atom. The van der Waals surface area contributed by atoms with E-state index in [-0.39, 0.29) is 5.69 Å². The number of aromatic nitrogens is 3. The van der Waals surface area contributed by atoms with Gasteiger partial charge in [-0.15, -0.1) is 10.2 Å². The van der Waals surface area contributed by atoms with Crippen molar-refractivity contribution in [1.82, 2.24) is 14.9 Å². The Kier molecular flexibility index (Phi) is 4.33. The van der Waals surface area contributed by atoms with E-state index in [1.165, 1.54) is 18.9 Å². The van der Waals surface area contributed by atoms with E-state index in [1.54, 1.807) is 6.26 Å². The van der Waals surface area contributed by atoms with Crippen molar-refractivity contribution < 1.29 is 9.53 Å². The Labute approximate surface area is 109 Å². The summed E-state index contributed by atoms with van der Waals surface area (Å²) in [5, 5.41) is 8.13. The van der Waals surface area contributed by atoms with E-state index in [9.17, 15) is 9.59 Å². The molecule has 1 aromatic heterocycles. The molecule has 1 heterocycles. The first-order valence-electron chi connectivity index (χ1n) is 5.20. The molecule has 0 unspecified atom stereocenters. The average Bonchev–Trinajstić information content (AvgIpc) is 2.29. The summed E-state index contributed by atoms with van der Waals surface area (Å²) >= 11 is 1.20. The molecular weight excluding hydrogens is 256 g/mol. The standard InChI is InChI=1S/C10H16N4O3S/c1-10(2,3)6-7(15)14(13-9(16)17-4)8(18-5)12-11-6/h1-5H3,(H,13,16). The molecule has 1 aromatic rings. The molecule has 0 saturated heterocycles. The maximum Gasteiger partial charge on any atom is 0.426 e. The van der Waals surface area contributed by atoms with Gasteiger partial charge in [0.2, 0.25) is 5.16 Å². The SMILES string of the molecule is COC(=O)Nn1c(SC)nnc(C(C)(C)C)c1=O. The van der Waals surface area contributed by atoms with Gasteiger partial charge in [-0.3, -0.25) is 4.79 Å². The summed E-state index contributed by atoms with van der Waals surface area (Å²) in [6.45, 7) is 5.54. The van der Waals surface area contributed by atoms with Gasteiger partial charge in [-0.05, 0) is 6.26 Å². The van der Waals surface area contributed by atoms with Crippen molar-refractivity contribution in [3.8, 4) is 0 Å². The van der Waals surface area contributed by atoms with Gasteiger partial charge < -0.3 is 4.74 Å². The molecule has 0 aliphatic rings. The van der Waals surface area contributed by atoms with Crippen molar-refractivity contribution in [2.45, 2.75) is 31.3 Å². The topological polar surface area (TPSA) is 86.1 Å². The van der Waals surface area contributed by atoms with Crippen LogP contribution in [0.5, 0.6) is 0 Å². The summed E-state index contributed by atoms with van der Waals surface area (Å²) < 4.78 is 5.51. The number of methoxy groups -OCH3 is 1. The van der Waals surface area contributed by atoms with Crippen molar-refractivity contribution in [2.24, 2.45) is 0 Å². The molecule has 7 nitrogen and oxygen atoms in total. The number of nitrogens with one attached hydrogen (secondary N) is 1. The zero-order valence-corrected chi connectivity index (χ0v) is 11.8. The first kappa shape index (κ1) is 14.5. The van der Waals surface area contributed by atoms with Crippen LogP contribution < -0.4 is 11.0 Å². The normalized spacial score (nSPS) is 11.2. The largest absolute Gasteiger partial charge is 0.452 e. The van der Waals surface area contributed by atoms with E-state index in [0.29, 0.717) is 5.16 Å². The van der Waals surface area contributed by atoms with Crippen molar-refractivity contribution in [3.63, 3.8) is 0 Å². The van der Waals surface area contributed by atoms with Crippen LogP contribution in [-0.4, -0.2) is 34.3 Å². The molecule has 0 fully saturated rings. The van der Waals surface area contributed by atoms with Crippen LogP contribution in [0.2, 0.25) is 0 Å². The van der Waals surface area contributed by atoms with Gasteiger partial charge in [0.15, 0.2) is 0 Å². The molecule has 8 heteroatoms. The number of hydrogen-bond donors (Lipinski definition) is 1. The van der Waals surface area contributed by atoms with Crippen LogP contribution >= 0.6 is 11.8 Å². The summed E-state index contributed by atoms with van der Waals surface area (Å²) in [7, 11) is 1.22. The van der Waals surface area contributed by atoms with Crippen LogP contribution in [0.1, 0.15) is 26.5 Å². The lowest BCUT2D eigenvalue weighted by Gasteiger charge is -2.18. The fourth-order valence-corrected chi connectivity index (χ4v) is 1.65. The van der Waals surface area contributed by atoms with Gasteiger partial charge in [-0.1, -0.05) is 32.5 Å². The summed E-state index contributed by atoms with van der Waals surface area (Å²) in [5.74, 6) is 0. The molecule has 0 bridgehead atoms. The molecular formula is C10H16N4O3S. The van der Waals surface area contributed by atoms with Gasteiger partial charge in [0.25, 0.3) is 5.56 Å². The van der Waals surface area contributed by atoms with E-state index in [1.807, 2.05) is 20.8 Å². The molecule has 1 rings (SSSR count). The highest BCUT2D eigenvalue weighted by molar-refractivity contribution is 7.98. The summed E-state index contributed by atoms with van der Waals surface area (Å²) in [6, 6.07) is 0. The van der Waals surface area contributed by atoms with Crippen molar-refractivity contribution >= 4 is 17.9 Å². The summed E-state index contributed by atoms with van der Waals surface area (Å²) in [6.07, 6.45) is 0.996. The molecule has 0 spiro atoms. The third-order valence-electron chi connectivity index (χ3n) is 2.11. The summed E-state index contributed by atoms with van der Waals surface area (Å²) in [4.78, 5) is 23.4. The lowest BCUT2D eigenvalue weighted by atomic mass is 9.93. The number of rotatable bonds is 2. The molecule has 0 radical (unpaired) electrons. The molecule has 100 valence electrons. The van der Waals surface area contributed by atoms with E-state index in [0.717, 1.165) is 4.68 Å². The maximum atomic E-state index is 12.2. The molecule has 0 aliphatic carbocycles. The smallest absolute Gasteiger partial charge is 0.426 e. The van der Waals surface area contributed by atoms with Crippen molar-refractivity contribution in [3.05, 3.63) is 16.0 Å². The van der Waals surface area contributed by atoms with E-state index in [4.69, 9.17) is 0 Å². The van der Waals surface area contributed by atoms with Gasteiger partial charge in [-0.2, -0.15) is 4.68 Å². The van der Waals surface area contributed by atoms with Crippen LogP contribution in [0, 0.1) is 0 Å². The predicted octanol–water partition coefficient (Wildman–Crippen LogP) is 0.968. The van der Waals surface area contributed by atoms with Gasteiger partial charge in [0.1, 0.15) is 5.69 Å². The third kappa shape index (κ3) is 3.00. The molecule has 0 aromatic carbocycles. The minimum atomic E-state index is -0.736. The molecule has 1 amide bonds. The number of carbonyl (C=O) groups excluding carboxylic acids is 1. The first-order chi connectivity index (χ1) is 8.31. The van der Waals surface area contributed by atoms with Crippen LogP contribution in [0.3, 0.4) is 0 Å². The van der Waals surface area contributed by atoms with Crippen molar-refractivity contribution in [2.75, 3.05) is 18.8 Å². The second-order valence-electron chi connectivity index (χ2n) is 4.53. The third-order valence-corrected chi connectivity index (χ3v) is 2.74. The summed E-state index contributed by atoms with van der Waals surface area (Å²) in [5.41, 5.74) is 1.72. The molecule has 0 aliphatic heterocycles. The number of thioether (sulfide) groups is 1. The van der Waals surface area contributed by atoms with E-state index >= 15 is 0 Å². The van der Waals surface area contributed by atoms with Gasteiger partial charge >= 0.3 is 6.09 Å². The zero-order chi connectivity index (χ0) is 13.9. The first-order valence-corrected chi connectivity index (χ1v) is 6.43. The van der Waals surface area contributed by atoms with Gasteiger partial charge in [0, 0.05) is 5.41 Å². The Hall–Kier alpha value is -1.57. The van der Waals surface area contributed by atoms with Gasteiger partial charge in [0.05, 0.1) is 7.11 Å². The van der Waals surface area contributed by atoms with E-state index < -0.39 is 17.1 Å². The molecule has 1 N–H and O–H groups in total. The Bertz CT molecular complexity index is 507. The Balaban J connectivity index is 3.37. The van der Waals surface area contributed by atoms with Crippen LogP contribution in [0.25, 0.3) is 0 Å². The minimum Gasteiger partial charge on any atom is -0.452 e. The van der Waals surface area contributed by atoms with Gasteiger partial charge in [-0.25, -0.2) is 10.2 Å². The number of ether oxygens (including phenoxy) is 1. The lowest BCUT2D eigenvalue weighted by Crippen LogP contribution is -2.40. The monoisotopic (exact) mass is 272 g/mol. The average molecular weight is 272 g/mol. The van der Waals surface area contributed by atoms with Crippen LogP contribution in [-0.2, 0) is 10.2 Å². The fourth-order valence-electron chi connectivity index (χ4n) is 1.21. The fraction of sp³-hybridized carbons (Fsp3) is 0.600. The highest BCUT2D eigenvalue weighted by atomic mass is 32.2. The minimum absolute atomic E-state index is 0.275. The number of nitrogens with zero attached hydrogens (tertiary/aromatic N) is 3. The highest BCUT2D eigenvalue weighted by Crippen LogP contribution is 2.16. The van der Waals surface area contributed by atoms with Crippen LogP contribution in [0.4, 0.5) is 4.79 Å². The molecule has 0 saturated carbocycles. The van der Waals surface area contributed by atoms with Crippen molar-refractivity contribution in [1.29, 1.82) is 0 Å². The number of amides is 1. The number of hydrogen-bond acceptors (Lipinski definition) is 6. The molecule has 0 atom stereocenters. The van der Waals surface area contributed by atoms with E-state index in [2.05, 4.69) is 20.4 Å².